The van der Waals surface area contributed by atoms with E-state index in [1.807, 2.05) is 31.2 Å². The predicted molar refractivity (Wildman–Crippen MR) is 59.1 cm³/mol. The van der Waals surface area contributed by atoms with E-state index in [0.717, 1.165) is 11.3 Å². The lowest BCUT2D eigenvalue weighted by Gasteiger charge is -2.23. The summed E-state index contributed by atoms with van der Waals surface area (Å²) in [5.41, 5.74) is -0.112. The summed E-state index contributed by atoms with van der Waals surface area (Å²) in [4.78, 5) is 0. The highest BCUT2D eigenvalue weighted by atomic mass is 16.5. The minimum absolute atomic E-state index is 0.301. The first kappa shape index (κ1) is 12.0. The molecule has 3 heteroatoms. The molecule has 0 aromatic heterocycles. The fraction of sp³-hybridized carbons (Fsp3) is 0.500. The van der Waals surface area contributed by atoms with Gasteiger partial charge in [0.1, 0.15) is 11.4 Å². The Kier molecular flexibility index (Phi) is 4.12. The summed E-state index contributed by atoms with van der Waals surface area (Å²) in [6, 6.07) is 7.35. The van der Waals surface area contributed by atoms with Crippen LogP contribution in [0.1, 0.15) is 19.4 Å². The number of rotatable bonds is 5. The Morgan fingerprint density at radius 3 is 2.33 bits per heavy atom. The molecule has 0 heterocycles. The maximum absolute atomic E-state index is 10.1. The standard InChI is InChI=1S/C12H18O3/c1-4-15-9-12(2,13)10-5-7-11(14-3)8-6-10/h5-8,13H,4,9H2,1-3H3. The van der Waals surface area contributed by atoms with Gasteiger partial charge in [-0.1, -0.05) is 12.1 Å². The van der Waals surface area contributed by atoms with Gasteiger partial charge in [-0.2, -0.15) is 0 Å². The van der Waals surface area contributed by atoms with Gasteiger partial charge in [-0.3, -0.25) is 0 Å². The van der Waals surface area contributed by atoms with Crippen molar-refractivity contribution in [2.24, 2.45) is 0 Å². The van der Waals surface area contributed by atoms with E-state index in [-0.39, 0.29) is 0 Å². The van der Waals surface area contributed by atoms with Crippen LogP contribution in [0.4, 0.5) is 0 Å². The molecular weight excluding hydrogens is 192 g/mol. The second-order valence-corrected chi connectivity index (χ2v) is 3.64. The number of aliphatic hydroxyl groups is 1. The van der Waals surface area contributed by atoms with E-state index in [9.17, 15) is 5.11 Å². The van der Waals surface area contributed by atoms with Crippen molar-refractivity contribution in [2.45, 2.75) is 19.4 Å². The van der Waals surface area contributed by atoms with Crippen LogP contribution in [-0.4, -0.2) is 25.4 Å². The Hall–Kier alpha value is -1.06. The largest absolute Gasteiger partial charge is 0.497 e. The molecular formula is C12H18O3. The van der Waals surface area contributed by atoms with Crippen LogP contribution in [0.5, 0.6) is 5.75 Å². The Balaban J connectivity index is 2.75. The average molecular weight is 210 g/mol. The quantitative estimate of drug-likeness (QED) is 0.807. The molecule has 15 heavy (non-hydrogen) atoms. The molecule has 0 aliphatic heterocycles. The molecule has 0 amide bonds. The molecule has 0 radical (unpaired) electrons. The lowest BCUT2D eigenvalue weighted by atomic mass is 9.97. The van der Waals surface area contributed by atoms with Gasteiger partial charge < -0.3 is 14.6 Å². The van der Waals surface area contributed by atoms with Crippen LogP contribution in [0, 0.1) is 0 Å². The Labute approximate surface area is 90.6 Å². The fourth-order valence-corrected chi connectivity index (χ4v) is 1.33. The van der Waals surface area contributed by atoms with Crippen molar-refractivity contribution < 1.29 is 14.6 Å². The van der Waals surface area contributed by atoms with E-state index in [2.05, 4.69) is 0 Å². The van der Waals surface area contributed by atoms with Crippen molar-refractivity contribution in [3.05, 3.63) is 29.8 Å². The normalized spacial score (nSPS) is 14.7. The van der Waals surface area contributed by atoms with Gasteiger partial charge >= 0.3 is 0 Å². The molecule has 1 unspecified atom stereocenters. The number of benzene rings is 1. The van der Waals surface area contributed by atoms with Crippen LogP contribution >= 0.6 is 0 Å². The van der Waals surface area contributed by atoms with Crippen molar-refractivity contribution >= 4 is 0 Å². The second-order valence-electron chi connectivity index (χ2n) is 3.64. The van der Waals surface area contributed by atoms with Gasteiger partial charge in [0.25, 0.3) is 0 Å². The molecule has 0 aliphatic carbocycles. The first-order valence-corrected chi connectivity index (χ1v) is 5.05. The molecule has 1 N–H and O–H groups in total. The summed E-state index contributed by atoms with van der Waals surface area (Å²) in [6.07, 6.45) is 0. The van der Waals surface area contributed by atoms with Crippen LogP contribution < -0.4 is 4.74 Å². The molecule has 0 aliphatic rings. The van der Waals surface area contributed by atoms with Crippen LogP contribution in [0.25, 0.3) is 0 Å². The Morgan fingerprint density at radius 2 is 1.87 bits per heavy atom. The van der Waals surface area contributed by atoms with Gasteiger partial charge in [-0.05, 0) is 31.5 Å². The summed E-state index contributed by atoms with van der Waals surface area (Å²) in [6.45, 7) is 4.55. The highest BCUT2D eigenvalue weighted by molar-refractivity contribution is 5.30. The monoisotopic (exact) mass is 210 g/mol. The molecule has 0 fully saturated rings. The summed E-state index contributed by atoms with van der Waals surface area (Å²) in [7, 11) is 1.62. The number of hydrogen-bond acceptors (Lipinski definition) is 3. The van der Waals surface area contributed by atoms with Gasteiger partial charge in [0, 0.05) is 6.61 Å². The van der Waals surface area contributed by atoms with Crippen LogP contribution in [0.15, 0.2) is 24.3 Å². The molecule has 1 rings (SSSR count). The zero-order valence-electron chi connectivity index (χ0n) is 9.49. The van der Waals surface area contributed by atoms with E-state index in [1.54, 1.807) is 14.0 Å². The lowest BCUT2D eigenvalue weighted by molar-refractivity contribution is -0.0343. The van der Waals surface area contributed by atoms with Gasteiger partial charge in [-0.25, -0.2) is 0 Å². The third-order valence-corrected chi connectivity index (χ3v) is 2.30. The van der Waals surface area contributed by atoms with Crippen molar-refractivity contribution in [3.63, 3.8) is 0 Å². The van der Waals surface area contributed by atoms with E-state index >= 15 is 0 Å². The summed E-state index contributed by atoms with van der Waals surface area (Å²) >= 11 is 0. The van der Waals surface area contributed by atoms with Gasteiger partial charge in [0.2, 0.25) is 0 Å². The molecule has 84 valence electrons. The summed E-state index contributed by atoms with van der Waals surface area (Å²) in [5.74, 6) is 0.783. The first-order valence-electron chi connectivity index (χ1n) is 5.05. The number of ether oxygens (including phenoxy) is 2. The topological polar surface area (TPSA) is 38.7 Å². The van der Waals surface area contributed by atoms with Crippen molar-refractivity contribution in [1.82, 2.24) is 0 Å². The van der Waals surface area contributed by atoms with Gasteiger partial charge in [-0.15, -0.1) is 0 Å². The smallest absolute Gasteiger partial charge is 0.118 e. The summed E-state index contributed by atoms with van der Waals surface area (Å²) < 4.78 is 10.3. The molecule has 0 saturated carbocycles. The van der Waals surface area contributed by atoms with Crippen LogP contribution in [0.3, 0.4) is 0 Å². The fourth-order valence-electron chi connectivity index (χ4n) is 1.33. The van der Waals surface area contributed by atoms with Crippen LogP contribution in [0.2, 0.25) is 0 Å². The van der Waals surface area contributed by atoms with Crippen LogP contribution in [-0.2, 0) is 10.3 Å². The average Bonchev–Trinajstić information content (AvgIpc) is 2.26. The number of methoxy groups -OCH3 is 1. The Morgan fingerprint density at radius 1 is 1.27 bits per heavy atom. The second kappa shape index (κ2) is 5.14. The molecule has 1 atom stereocenters. The van der Waals surface area contributed by atoms with E-state index in [1.165, 1.54) is 0 Å². The molecule has 0 saturated heterocycles. The molecule has 0 bridgehead atoms. The zero-order valence-corrected chi connectivity index (χ0v) is 9.49. The summed E-state index contributed by atoms with van der Waals surface area (Å²) in [5, 5.41) is 10.1. The lowest BCUT2D eigenvalue weighted by Crippen LogP contribution is -2.27. The van der Waals surface area contributed by atoms with E-state index in [4.69, 9.17) is 9.47 Å². The molecule has 3 nitrogen and oxygen atoms in total. The maximum Gasteiger partial charge on any atom is 0.118 e. The molecule has 1 aromatic rings. The molecule has 0 spiro atoms. The van der Waals surface area contributed by atoms with Crippen molar-refractivity contribution in [1.29, 1.82) is 0 Å². The first-order chi connectivity index (χ1) is 7.10. The highest BCUT2D eigenvalue weighted by Gasteiger charge is 2.22. The minimum atomic E-state index is -0.942. The molecule has 1 aromatic carbocycles. The highest BCUT2D eigenvalue weighted by Crippen LogP contribution is 2.23. The predicted octanol–water partition coefficient (Wildman–Crippen LogP) is 1.94. The van der Waals surface area contributed by atoms with Gasteiger partial charge in [0.05, 0.1) is 13.7 Å². The third kappa shape index (κ3) is 3.22. The maximum atomic E-state index is 10.1. The van der Waals surface area contributed by atoms with Gasteiger partial charge in [0.15, 0.2) is 0 Å². The SMILES string of the molecule is CCOCC(C)(O)c1ccc(OC)cc1. The van der Waals surface area contributed by atoms with E-state index < -0.39 is 5.60 Å². The van der Waals surface area contributed by atoms with Crippen molar-refractivity contribution in [2.75, 3.05) is 20.3 Å². The third-order valence-electron chi connectivity index (χ3n) is 2.30. The minimum Gasteiger partial charge on any atom is -0.497 e. The van der Waals surface area contributed by atoms with Crippen molar-refractivity contribution in [3.8, 4) is 5.75 Å². The Bertz CT molecular complexity index is 290. The zero-order chi connectivity index (χ0) is 11.3. The van der Waals surface area contributed by atoms with E-state index in [0.29, 0.717) is 13.2 Å². The number of hydrogen-bond donors (Lipinski definition) is 1.